The number of alkyl halides is 2. The molecule has 0 amide bonds. The highest BCUT2D eigenvalue weighted by atomic mass is 19.3. The van der Waals surface area contributed by atoms with E-state index in [1.165, 1.54) is 0 Å². The molecule has 108 valence electrons. The van der Waals surface area contributed by atoms with E-state index in [0.29, 0.717) is 17.7 Å². The van der Waals surface area contributed by atoms with Gasteiger partial charge in [-0.15, -0.1) is 0 Å². The second-order valence-corrected chi connectivity index (χ2v) is 4.79. The van der Waals surface area contributed by atoms with Crippen molar-refractivity contribution in [2.75, 3.05) is 6.61 Å². The number of rotatable bonds is 6. The van der Waals surface area contributed by atoms with E-state index in [1.807, 2.05) is 6.07 Å². The molecular weight excluding hydrogens is 272 g/mol. The maximum absolute atomic E-state index is 13.8. The summed E-state index contributed by atoms with van der Waals surface area (Å²) in [5.41, 5.74) is 1.41. The van der Waals surface area contributed by atoms with E-state index < -0.39 is 12.5 Å². The van der Waals surface area contributed by atoms with Crippen molar-refractivity contribution in [2.45, 2.75) is 18.8 Å². The molecule has 0 saturated carbocycles. The molecule has 0 atom stereocenters. The minimum absolute atomic E-state index is 0.296. The third-order valence-electron chi connectivity index (χ3n) is 2.96. The smallest absolute Gasteiger partial charge is 0.285 e. The standard InChI is InChI=1S/C17H15F2NO/c18-17(19,12-15-4-2-1-3-5-15)13-21-16-8-6-14(7-9-16)10-11-20/h1-9H,10,12-13H2. The van der Waals surface area contributed by atoms with Crippen molar-refractivity contribution < 1.29 is 13.5 Å². The number of nitriles is 1. The summed E-state index contributed by atoms with van der Waals surface area (Å²) in [5.74, 6) is -2.54. The lowest BCUT2D eigenvalue weighted by atomic mass is 10.1. The molecule has 0 fully saturated rings. The van der Waals surface area contributed by atoms with Gasteiger partial charge in [-0.2, -0.15) is 5.26 Å². The summed E-state index contributed by atoms with van der Waals surface area (Å²) in [4.78, 5) is 0. The number of benzene rings is 2. The average molecular weight is 287 g/mol. The molecule has 2 nitrogen and oxygen atoms in total. The summed E-state index contributed by atoms with van der Waals surface area (Å²) in [5, 5.41) is 8.56. The van der Waals surface area contributed by atoms with Crippen molar-refractivity contribution in [3.8, 4) is 11.8 Å². The highest BCUT2D eigenvalue weighted by Gasteiger charge is 2.30. The van der Waals surface area contributed by atoms with Crippen LogP contribution in [0.25, 0.3) is 0 Å². The normalized spacial score (nSPS) is 10.9. The van der Waals surface area contributed by atoms with Crippen LogP contribution in [0.2, 0.25) is 0 Å². The molecule has 21 heavy (non-hydrogen) atoms. The van der Waals surface area contributed by atoms with Crippen LogP contribution in [0, 0.1) is 11.3 Å². The predicted molar refractivity (Wildman–Crippen MR) is 76.3 cm³/mol. The lowest BCUT2D eigenvalue weighted by Gasteiger charge is -2.17. The lowest BCUT2D eigenvalue weighted by molar-refractivity contribution is -0.0400. The molecule has 0 radical (unpaired) electrons. The molecule has 0 bridgehead atoms. The van der Waals surface area contributed by atoms with E-state index in [-0.39, 0.29) is 6.42 Å². The molecule has 2 aromatic carbocycles. The van der Waals surface area contributed by atoms with Gasteiger partial charge in [0.15, 0.2) is 6.61 Å². The zero-order valence-corrected chi connectivity index (χ0v) is 11.4. The fourth-order valence-electron chi connectivity index (χ4n) is 1.93. The van der Waals surface area contributed by atoms with E-state index >= 15 is 0 Å². The molecule has 0 aliphatic heterocycles. The Balaban J connectivity index is 1.90. The Bertz CT molecular complexity index is 603. The molecule has 0 saturated heterocycles. The van der Waals surface area contributed by atoms with Crippen molar-refractivity contribution in [2.24, 2.45) is 0 Å². The maximum atomic E-state index is 13.8. The van der Waals surface area contributed by atoms with E-state index in [0.717, 1.165) is 5.56 Å². The van der Waals surface area contributed by atoms with Crippen molar-refractivity contribution in [3.63, 3.8) is 0 Å². The van der Waals surface area contributed by atoms with Gasteiger partial charge in [-0.25, -0.2) is 8.78 Å². The van der Waals surface area contributed by atoms with Gasteiger partial charge in [0.25, 0.3) is 5.92 Å². The van der Waals surface area contributed by atoms with E-state index in [4.69, 9.17) is 10.00 Å². The SMILES string of the molecule is N#CCc1ccc(OCC(F)(F)Cc2ccccc2)cc1. The highest BCUT2D eigenvalue weighted by molar-refractivity contribution is 5.28. The Morgan fingerprint density at radius 3 is 2.24 bits per heavy atom. The monoisotopic (exact) mass is 287 g/mol. The van der Waals surface area contributed by atoms with Crippen molar-refractivity contribution in [1.29, 1.82) is 5.26 Å². The quantitative estimate of drug-likeness (QED) is 0.804. The number of halogens is 2. The number of nitrogens with zero attached hydrogens (tertiary/aromatic N) is 1. The van der Waals surface area contributed by atoms with Gasteiger partial charge in [-0.05, 0) is 23.3 Å². The number of hydrogen-bond donors (Lipinski definition) is 0. The van der Waals surface area contributed by atoms with Crippen LogP contribution in [0.4, 0.5) is 8.78 Å². The second kappa shape index (κ2) is 6.85. The lowest BCUT2D eigenvalue weighted by Crippen LogP contribution is -2.28. The van der Waals surface area contributed by atoms with Crippen molar-refractivity contribution in [3.05, 3.63) is 65.7 Å². The molecule has 0 spiro atoms. The first-order chi connectivity index (χ1) is 10.1. The predicted octanol–water partition coefficient (Wildman–Crippen LogP) is 4.01. The van der Waals surface area contributed by atoms with E-state index in [1.54, 1.807) is 54.6 Å². The Labute approximate surface area is 122 Å². The van der Waals surface area contributed by atoms with Crippen LogP contribution in [0.5, 0.6) is 5.75 Å². The third-order valence-corrected chi connectivity index (χ3v) is 2.96. The molecule has 2 aromatic rings. The number of ether oxygens (including phenoxy) is 1. The Hall–Kier alpha value is -2.41. The molecule has 0 aliphatic carbocycles. The molecular formula is C17H15F2NO. The minimum Gasteiger partial charge on any atom is -0.487 e. The Morgan fingerprint density at radius 2 is 1.62 bits per heavy atom. The maximum Gasteiger partial charge on any atom is 0.285 e. The van der Waals surface area contributed by atoms with Gasteiger partial charge in [0.05, 0.1) is 12.5 Å². The number of hydrogen-bond acceptors (Lipinski definition) is 2. The fraction of sp³-hybridized carbons (Fsp3) is 0.235. The first-order valence-corrected chi connectivity index (χ1v) is 6.59. The molecule has 4 heteroatoms. The summed E-state index contributed by atoms with van der Waals surface area (Å²) >= 11 is 0. The van der Waals surface area contributed by atoms with Crippen LogP contribution in [0.15, 0.2) is 54.6 Å². The summed E-state index contributed by atoms with van der Waals surface area (Å²) < 4.78 is 32.8. The summed E-state index contributed by atoms with van der Waals surface area (Å²) in [7, 11) is 0. The van der Waals surface area contributed by atoms with Gasteiger partial charge in [0.1, 0.15) is 5.75 Å². The van der Waals surface area contributed by atoms with Crippen LogP contribution in [-0.2, 0) is 12.8 Å². The largest absolute Gasteiger partial charge is 0.487 e. The van der Waals surface area contributed by atoms with Crippen LogP contribution in [0.1, 0.15) is 11.1 Å². The van der Waals surface area contributed by atoms with Gasteiger partial charge >= 0.3 is 0 Å². The molecule has 0 N–H and O–H groups in total. The second-order valence-electron chi connectivity index (χ2n) is 4.79. The van der Waals surface area contributed by atoms with Crippen LogP contribution in [-0.4, -0.2) is 12.5 Å². The van der Waals surface area contributed by atoms with E-state index in [9.17, 15) is 8.78 Å². The summed E-state index contributed by atoms with van der Waals surface area (Å²) in [6.07, 6.45) is -0.0508. The average Bonchev–Trinajstić information content (AvgIpc) is 2.48. The van der Waals surface area contributed by atoms with Gasteiger partial charge in [-0.3, -0.25) is 0 Å². The first-order valence-electron chi connectivity index (χ1n) is 6.59. The van der Waals surface area contributed by atoms with Crippen LogP contribution in [0.3, 0.4) is 0 Å². The third kappa shape index (κ3) is 4.88. The van der Waals surface area contributed by atoms with Crippen LogP contribution < -0.4 is 4.74 Å². The fourth-order valence-corrected chi connectivity index (χ4v) is 1.93. The Morgan fingerprint density at radius 1 is 0.952 bits per heavy atom. The highest BCUT2D eigenvalue weighted by Crippen LogP contribution is 2.22. The topological polar surface area (TPSA) is 33.0 Å². The summed E-state index contributed by atoms with van der Waals surface area (Å²) in [6, 6.07) is 17.2. The van der Waals surface area contributed by atoms with E-state index in [2.05, 4.69) is 0 Å². The van der Waals surface area contributed by atoms with Gasteiger partial charge in [-0.1, -0.05) is 42.5 Å². The molecule has 2 rings (SSSR count). The van der Waals surface area contributed by atoms with Gasteiger partial charge in [0.2, 0.25) is 0 Å². The molecule has 0 aromatic heterocycles. The zero-order valence-electron chi connectivity index (χ0n) is 11.4. The first kappa shape index (κ1) is 15.0. The van der Waals surface area contributed by atoms with Gasteiger partial charge in [0, 0.05) is 6.42 Å². The molecule has 0 unspecified atom stereocenters. The minimum atomic E-state index is -2.92. The molecule has 0 heterocycles. The molecule has 0 aliphatic rings. The van der Waals surface area contributed by atoms with Gasteiger partial charge < -0.3 is 4.74 Å². The summed E-state index contributed by atoms with van der Waals surface area (Å²) in [6.45, 7) is -0.667. The zero-order chi connectivity index (χ0) is 15.1. The van der Waals surface area contributed by atoms with Crippen LogP contribution >= 0.6 is 0 Å². The van der Waals surface area contributed by atoms with Crippen molar-refractivity contribution >= 4 is 0 Å². The Kier molecular flexibility index (Phi) is 4.89. The van der Waals surface area contributed by atoms with Crippen molar-refractivity contribution in [1.82, 2.24) is 0 Å².